The number of carbonyl (C=O) groups excluding carboxylic acids is 5. The normalized spacial score (nSPS) is 14.7. The van der Waals surface area contributed by atoms with E-state index in [1.165, 1.54) is 43.6 Å². The van der Waals surface area contributed by atoms with E-state index in [2.05, 4.69) is 72.7 Å². The molecule has 0 bridgehead atoms. The van der Waals surface area contributed by atoms with Crippen LogP contribution >= 0.6 is 54.5 Å². The Hall–Kier alpha value is -3.40. The Kier molecular flexibility index (Phi) is 53.5. The highest BCUT2D eigenvalue weighted by Gasteiger charge is 2.62. The molecule has 4 saturated heterocycles. The summed E-state index contributed by atoms with van der Waals surface area (Å²) >= 11 is 9.54. The number of ether oxygens (including phenoxy) is 6. The van der Waals surface area contributed by atoms with E-state index in [9.17, 15) is 32.4 Å². The van der Waals surface area contributed by atoms with E-state index in [1.54, 1.807) is 28.3 Å². The Morgan fingerprint density at radius 1 is 0.460 bits per heavy atom. The lowest BCUT2D eigenvalue weighted by molar-refractivity contribution is -0.115. The summed E-state index contributed by atoms with van der Waals surface area (Å²) in [5.74, 6) is -0.264. The molecule has 13 rings (SSSR count). The molecule has 85 heteroatoms. The lowest BCUT2D eigenvalue weighted by Gasteiger charge is -2.57. The fourth-order valence-corrected chi connectivity index (χ4v) is 22.7. The molecule has 6 aliphatic rings. The number of rotatable bonds is 37. The summed E-state index contributed by atoms with van der Waals surface area (Å²) < 4.78 is 74.8. The van der Waals surface area contributed by atoms with Gasteiger partial charge in [-0.2, -0.15) is 8.42 Å². The van der Waals surface area contributed by atoms with Gasteiger partial charge >= 0.3 is 25.4 Å². The third kappa shape index (κ3) is 37.1. The predicted molar refractivity (Wildman–Crippen MR) is 684 cm³/mol. The van der Waals surface area contributed by atoms with Crippen molar-refractivity contribution in [2.24, 2.45) is 0 Å². The molecule has 5 amide bonds. The first-order valence-corrected chi connectivity index (χ1v) is 53.7. The second kappa shape index (κ2) is 60.9. The topological polar surface area (TPSA) is 310 Å². The van der Waals surface area contributed by atoms with Crippen LogP contribution in [0.2, 0.25) is 0 Å². The highest BCUT2D eigenvalue weighted by Crippen LogP contribution is 2.40. The Morgan fingerprint density at radius 3 is 1.20 bits per heavy atom. The van der Waals surface area contributed by atoms with E-state index >= 15 is 0 Å². The van der Waals surface area contributed by atoms with Crippen molar-refractivity contribution in [1.29, 1.82) is 0 Å². The lowest BCUT2D eigenvalue weighted by atomic mass is 8.24. The largest absolute Gasteiger partial charge is 0.494 e. The molecule has 0 unspecified atom stereocenters. The van der Waals surface area contributed by atoms with Crippen molar-refractivity contribution in [3.8, 4) is 11.1 Å². The molecule has 2 aromatic carbocycles. The number of hydrogen-bond donors (Lipinski definition) is 3. The molecule has 679 valence electrons. The molecule has 11 heterocycles. The van der Waals surface area contributed by atoms with E-state index in [0.29, 0.717) is 98.1 Å². The molecule has 26 nitrogen and oxygen atoms in total. The first kappa shape index (κ1) is 132. The smallest absolute Gasteiger partial charge is 0.446 e. The third-order valence-electron chi connectivity index (χ3n) is 27.3. The van der Waals surface area contributed by atoms with Crippen molar-refractivity contribution < 1.29 is 74.3 Å². The molecule has 3 N–H and O–H groups in total. The summed E-state index contributed by atoms with van der Waals surface area (Å²) in [6.07, 6.45) is -21.9. The molecule has 0 atom stereocenters. The van der Waals surface area contributed by atoms with Crippen LogP contribution in [0.3, 0.4) is 0 Å². The van der Waals surface area contributed by atoms with Gasteiger partial charge < -0.3 is 48.4 Å². The average Bonchev–Trinajstić information content (AvgIpc) is 0.746. The molecule has 150 heavy (non-hydrogen) atoms. The van der Waals surface area contributed by atoms with Crippen LogP contribution in [0.4, 0.5) is 41.7 Å². The number of hydrogen-bond acceptors (Lipinski definition) is 23. The average molecular weight is 2100 g/mol. The number of nitrogens with one attached hydrogen (secondary N) is 3. The van der Waals surface area contributed by atoms with Gasteiger partial charge in [0, 0.05) is 493 Å². The Balaban J connectivity index is 0.000000240. The maximum Gasteiger partial charge on any atom is 0.494 e. The minimum absolute atomic E-state index is 0. The van der Waals surface area contributed by atoms with Gasteiger partial charge in [0.05, 0.1) is 118 Å². The zero-order chi connectivity index (χ0) is 110. The van der Waals surface area contributed by atoms with Crippen molar-refractivity contribution >= 4 is 531 Å². The molecule has 0 aliphatic carbocycles. The fraction of sp³-hybridized carbons (Fsp3) is 0.477. The summed E-state index contributed by atoms with van der Waals surface area (Å²) in [4.78, 5) is 84.7. The predicted octanol–water partition coefficient (Wildman–Crippen LogP) is -8.39. The van der Waals surface area contributed by atoms with Crippen LogP contribution in [0, 0.1) is 0 Å². The first-order chi connectivity index (χ1) is 69.9. The summed E-state index contributed by atoms with van der Waals surface area (Å²) in [5.41, 5.74) is 8.28. The van der Waals surface area contributed by atoms with Gasteiger partial charge in [0.15, 0.2) is 10.3 Å². The molecular weight excluding hydrogens is 2020 g/mol. The monoisotopic (exact) mass is 2100 g/mol. The van der Waals surface area contributed by atoms with Crippen molar-refractivity contribution in [2.45, 2.75) is 136 Å². The summed E-state index contributed by atoms with van der Waals surface area (Å²) in [6.45, 7) is 16.0. The number of aromatic nitrogens is 5. The molecule has 0 spiro atoms. The Morgan fingerprint density at radius 2 is 0.813 bits per heavy atom. The number of fused-ring (bicyclic) bond motifs is 4. The van der Waals surface area contributed by atoms with Crippen molar-refractivity contribution in [3.63, 3.8) is 0 Å². The Bertz CT molecular complexity index is 5500. The van der Waals surface area contributed by atoms with Crippen molar-refractivity contribution in [3.05, 3.63) is 99.2 Å². The zero-order valence-corrected chi connectivity index (χ0v) is 90.3. The molecule has 4 fully saturated rings. The summed E-state index contributed by atoms with van der Waals surface area (Å²) in [6, 6.07) is 17.4. The molecule has 0 saturated carbocycles. The van der Waals surface area contributed by atoms with Crippen LogP contribution in [0.25, 0.3) is 31.6 Å². The van der Waals surface area contributed by atoms with E-state index in [1.807, 2.05) is 82.4 Å². The van der Waals surface area contributed by atoms with Gasteiger partial charge in [0.25, 0.3) is 10.1 Å². The van der Waals surface area contributed by atoms with Gasteiger partial charge in [0.2, 0.25) is 11.8 Å². The number of anilines is 5. The lowest BCUT2D eigenvalue weighted by Crippen LogP contribution is -2.95. The number of halogens is 2. The summed E-state index contributed by atoms with van der Waals surface area (Å²) in [7, 11) is 172. The maximum atomic E-state index is 12.8. The van der Waals surface area contributed by atoms with Crippen LogP contribution < -0.4 is 31.2 Å². The van der Waals surface area contributed by atoms with E-state index in [-0.39, 0.29) is 81.1 Å². The molecular formula is C65H79B54Br2N10O16S3. The van der Waals surface area contributed by atoms with Gasteiger partial charge in [-0.3, -0.25) is 43.8 Å². The Labute approximate surface area is 959 Å². The van der Waals surface area contributed by atoms with Gasteiger partial charge in [0.1, 0.15) is 18.3 Å². The summed E-state index contributed by atoms with van der Waals surface area (Å²) in [5, 5.41) is 9.27. The number of nitrogens with zero attached hydrogens (tertiary/aromatic N) is 7. The number of thiazole rings is 2. The van der Waals surface area contributed by atoms with Crippen molar-refractivity contribution in [1.82, 2.24) is 24.9 Å². The number of pyridine rings is 3. The highest BCUT2D eigenvalue weighted by molar-refractivity contribution is 9.10. The SMILES string of the molecule is C.CC(=O)Nc1nc2ccc(-c3cnc4c(c3)N(C(=O)OC3CCOCC3)CC4)cc2s1.CC(=O)Nc1nc2ccc(B3OC(C)(C)C(C)(C)O3)cc2s1.CS(=O)(=O)OCCc1ncc(Br)cc1NC(=O)OC1CCOCC1.O=C(OC1CCOCC1)N1CCc2ncc(Br)cc21.[B][B]B(B([B])[B])B(B(B([B])[B])B([B])[B])B(B(B([B])[B])B([B])[B])B(B(B(B([B])[B])B([B])[B])B(B([B])[B])B([B])[B])B(B(B([B])[B])B([B])[B])B(B([B])[B])B([B])[B]. The van der Waals surface area contributed by atoms with Crippen LogP contribution in [-0.2, 0) is 80.9 Å². The number of amides is 5. The van der Waals surface area contributed by atoms with E-state index < -0.39 is 176 Å². The van der Waals surface area contributed by atoms with Gasteiger partial charge in [-0.05, 0) is 113 Å². The van der Waals surface area contributed by atoms with Crippen molar-refractivity contribution in [2.75, 3.05) is 91.3 Å². The zero-order valence-electron chi connectivity index (χ0n) is 84.7. The molecule has 7 aromatic rings. The van der Waals surface area contributed by atoms with E-state index in [0.717, 1.165) is 103 Å². The standard InChI is InChI=1S/C22H22N4O4S.C15H19BN2O3S.C14H19BrN2O6S.C13H15BrN2O3.CH4.B53/c1-13(27)24-21-25-18-3-2-14(11-20(18)31-21)15-10-19-17(23-12-15)4-7-26(19)22(28)30-16-5-8-29-9-6-16;1-9(19)17-13-18-11-7-6-10(8-12(11)22-13)16-20-14(2,3)15(4,5)21-16;1-24(19,20)22-7-4-12-13(8-10(15)9-16-12)17-14(18)23-11-2-5-21-6-3-11;14-9-7-12-11(15-8-9)1-4-16(12)13(17)19-10-2-5-18-6-3-10;;1-28-42(29(2)3)49(43(30(4)5)31(6)7)52(48(40(24)25)41(26)27)53(50(44(32(8)9)33(10)11)45(34(12)13)35(14)15)51(46(36(16)17)37(18)19)47(38(20)21)39(22)23/h2-3,10-12,16H,4-9H2,1H3,(H,24,25,27);6-8H,1-5H3,(H,17,18,19);8-9,11H,2-7H2,1H3,(H,17,18);7-8,10H,1-6H2;1H4;. The van der Waals surface area contributed by atoms with E-state index in [4.69, 9.17) is 251 Å². The second-order valence-corrected chi connectivity index (χ2v) is 44.3. The van der Waals surface area contributed by atoms with Gasteiger partial charge in [-0.25, -0.2) is 24.4 Å². The van der Waals surface area contributed by atoms with Crippen LogP contribution in [-0.4, -0.2) is 541 Å². The van der Waals surface area contributed by atoms with Gasteiger partial charge in [-0.15, -0.1) is 0 Å². The quantitative estimate of drug-likeness (QED) is 0.0185. The minimum Gasteiger partial charge on any atom is -0.446 e. The third-order valence-corrected chi connectivity index (χ3v) is 30.6. The fourth-order valence-electron chi connectivity index (χ4n) is 19.7. The van der Waals surface area contributed by atoms with Gasteiger partial charge in [-0.1, -0.05) is 42.2 Å². The van der Waals surface area contributed by atoms with Crippen LogP contribution in [0.5, 0.6) is 0 Å². The van der Waals surface area contributed by atoms with Crippen LogP contribution in [0.15, 0.2) is 82.1 Å². The van der Waals surface area contributed by atoms with Crippen LogP contribution in [0.1, 0.15) is 105 Å². The maximum absolute atomic E-state index is 12.8. The highest BCUT2D eigenvalue weighted by atomic mass is 79.9. The molecule has 55 radical (unpaired) electrons. The number of carbonyl (C=O) groups is 5. The second-order valence-electron chi connectivity index (χ2n) is 38.8. The molecule has 6 aliphatic heterocycles. The first-order valence-electron chi connectivity index (χ1n) is 48.7. The number of benzene rings is 2. The molecule has 5 aromatic heterocycles. The minimum atomic E-state index is -3.52.